The zero-order valence-electron chi connectivity index (χ0n) is 2.42. The van der Waals surface area contributed by atoms with Gasteiger partial charge in [0, 0.05) is 0 Å². The van der Waals surface area contributed by atoms with Crippen molar-refractivity contribution in [2.45, 2.75) is 0 Å². The van der Waals surface area contributed by atoms with Gasteiger partial charge >= 0.3 is 6.28 Å². The highest BCUT2D eigenvalue weighted by atomic mass is 32.2. The molecule has 0 saturated carbocycles. The quantitative estimate of drug-likeness (QED) is 0.283. The Labute approximate surface area is 35.9 Å². The highest BCUT2D eigenvalue weighted by Crippen LogP contribution is 1.74. The molecule has 0 aromatic carbocycles. The predicted molar refractivity (Wildman–Crippen MR) is 26.2 cm³/mol. The van der Waals surface area contributed by atoms with Gasteiger partial charge < -0.3 is 4.55 Å². The van der Waals surface area contributed by atoms with E-state index in [1.54, 1.807) is 0 Å². The Morgan fingerprint density at radius 2 is 2.20 bits per heavy atom. The topological polar surface area (TPSA) is 37.3 Å². The minimum atomic E-state index is -1.73. The molecule has 0 spiro atoms. The van der Waals surface area contributed by atoms with Crippen molar-refractivity contribution >= 4 is 26.3 Å². The van der Waals surface area contributed by atoms with Crippen molar-refractivity contribution in [3.63, 3.8) is 0 Å². The summed E-state index contributed by atoms with van der Waals surface area (Å²) in [6.45, 7) is 0. The first-order valence-corrected chi connectivity index (χ1v) is 2.75. The highest BCUT2D eigenvalue weighted by molar-refractivity contribution is 8.18. The molecular weight excluding hydrogens is 106 g/mol. The number of hydrogen-bond acceptors (Lipinski definition) is 1. The van der Waals surface area contributed by atoms with E-state index in [1.807, 2.05) is 9.12 Å². The highest BCUT2D eigenvalue weighted by Gasteiger charge is 1.81. The van der Waals surface area contributed by atoms with E-state index in [2.05, 4.69) is 0 Å². The molecule has 0 bridgehead atoms. The van der Waals surface area contributed by atoms with Crippen molar-refractivity contribution in [1.29, 1.82) is 0 Å². The fraction of sp³-hybridized carbons (Fsp3) is 0. The van der Waals surface area contributed by atoms with Crippen LogP contribution < -0.4 is 0 Å². The van der Waals surface area contributed by atoms with Crippen molar-refractivity contribution < 1.29 is 8.76 Å². The molecule has 1 N–H and O–H groups in total. The molecule has 2 unspecified atom stereocenters. The normalized spacial score (nSPS) is 14.0. The molecule has 0 rings (SSSR count). The monoisotopic (exact) mass is 109 g/mol. The molecule has 0 aromatic rings. The van der Waals surface area contributed by atoms with Gasteiger partial charge in [0.15, 0.2) is 0 Å². The summed E-state index contributed by atoms with van der Waals surface area (Å²) < 4.78 is 17.2. The van der Waals surface area contributed by atoms with Gasteiger partial charge in [0.25, 0.3) is 0 Å². The minimum Gasteiger partial charge on any atom is -0.315 e. The van der Waals surface area contributed by atoms with Crippen LogP contribution in [0.1, 0.15) is 0 Å². The molecule has 0 aliphatic heterocycles. The second kappa shape index (κ2) is 2.82. The Balaban J connectivity index is 2.85. The van der Waals surface area contributed by atoms with Gasteiger partial charge in [-0.25, -0.2) is 4.21 Å². The van der Waals surface area contributed by atoms with Crippen molar-refractivity contribution in [2.75, 3.05) is 0 Å². The lowest BCUT2D eigenvalue weighted by molar-refractivity contribution is 0.579. The van der Waals surface area contributed by atoms with Crippen LogP contribution in [0.25, 0.3) is 0 Å². The average molecular weight is 109 g/mol. The predicted octanol–water partition coefficient (Wildman–Crippen LogP) is -0.383. The lowest BCUT2D eigenvalue weighted by Gasteiger charge is -1.70. The molecule has 0 aliphatic rings. The Morgan fingerprint density at radius 3 is 2.20 bits per heavy atom. The summed E-state index contributed by atoms with van der Waals surface area (Å²) in [5, 5.41) is 0. The number of rotatable bonds is 1. The summed E-state index contributed by atoms with van der Waals surface area (Å²) >= 11 is 0. The maximum atomic E-state index is 9.40. The first-order valence-electron chi connectivity index (χ1n) is 0.918. The van der Waals surface area contributed by atoms with Crippen LogP contribution in [0.15, 0.2) is 0 Å². The molecule has 0 fully saturated rings. The Kier molecular flexibility index (Phi) is 3.16. The van der Waals surface area contributed by atoms with E-state index in [-0.39, 0.29) is 0 Å². The maximum absolute atomic E-state index is 9.40. The summed E-state index contributed by atoms with van der Waals surface area (Å²) in [5.74, 6) is 0. The van der Waals surface area contributed by atoms with Crippen LogP contribution in [0, 0.1) is 0 Å². The molecular formula is H3BO2PS. The molecule has 5 heteroatoms. The van der Waals surface area contributed by atoms with Crippen LogP contribution in [0.4, 0.5) is 0 Å². The van der Waals surface area contributed by atoms with Gasteiger partial charge in [-0.15, -0.1) is 0 Å². The maximum Gasteiger partial charge on any atom is 0.302 e. The lowest BCUT2D eigenvalue weighted by atomic mass is 10.7. The molecule has 29 valence electrons. The zero-order chi connectivity index (χ0) is 4.28. The summed E-state index contributed by atoms with van der Waals surface area (Å²) in [5.41, 5.74) is 0. The van der Waals surface area contributed by atoms with Crippen LogP contribution in [0.5, 0.6) is 0 Å². The first kappa shape index (κ1) is 5.60. The van der Waals surface area contributed by atoms with Crippen LogP contribution in [0.2, 0.25) is 0 Å². The van der Waals surface area contributed by atoms with E-state index >= 15 is 0 Å². The number of hydrogen-bond donors (Lipinski definition) is 1. The van der Waals surface area contributed by atoms with Crippen molar-refractivity contribution in [1.82, 2.24) is 0 Å². The van der Waals surface area contributed by atoms with E-state index in [0.717, 1.165) is 6.28 Å². The lowest BCUT2D eigenvalue weighted by Crippen LogP contribution is -1.86. The van der Waals surface area contributed by atoms with Crippen molar-refractivity contribution in [3.05, 3.63) is 0 Å². The molecule has 0 aliphatic carbocycles. The Morgan fingerprint density at radius 1 is 2.00 bits per heavy atom. The first-order chi connectivity index (χ1) is 2.27. The van der Waals surface area contributed by atoms with E-state index in [4.69, 9.17) is 4.55 Å². The van der Waals surface area contributed by atoms with E-state index in [1.165, 1.54) is 0 Å². The summed E-state index contributed by atoms with van der Waals surface area (Å²) in [6.07, 6.45) is 1.11. The van der Waals surface area contributed by atoms with Gasteiger partial charge in [-0.1, -0.05) is 0 Å². The third-order valence-corrected chi connectivity index (χ3v) is 1.05. The molecule has 0 aromatic heterocycles. The standard InChI is InChI=1S/BH3O2PS/c2-5(3)1-4/h4H2,(H,2,3). The molecule has 0 saturated heterocycles. The van der Waals surface area contributed by atoms with Gasteiger partial charge in [-0.05, 0) is 0 Å². The van der Waals surface area contributed by atoms with Gasteiger partial charge in [0.05, 0.1) is 10.9 Å². The molecule has 5 heavy (non-hydrogen) atoms. The average Bonchev–Trinajstić information content (AvgIpc) is 1.38. The molecule has 2 atom stereocenters. The van der Waals surface area contributed by atoms with Crippen molar-refractivity contribution in [2.24, 2.45) is 0 Å². The smallest absolute Gasteiger partial charge is 0.302 e. The largest absolute Gasteiger partial charge is 0.315 e. The van der Waals surface area contributed by atoms with Crippen LogP contribution >= 0.6 is 9.12 Å². The molecule has 0 amide bonds. The minimum absolute atomic E-state index is 1.11. The Hall–Kier alpha value is 0.605. The molecule has 0 heterocycles. The third kappa shape index (κ3) is 4.60. The van der Waals surface area contributed by atoms with E-state index < -0.39 is 10.9 Å². The van der Waals surface area contributed by atoms with Gasteiger partial charge in [-0.2, -0.15) is 9.12 Å². The summed E-state index contributed by atoms with van der Waals surface area (Å²) in [7, 11) is 0.285. The second-order valence-corrected chi connectivity index (χ2v) is 2.05. The van der Waals surface area contributed by atoms with Crippen LogP contribution in [-0.2, 0) is 10.9 Å². The second-order valence-electron chi connectivity index (χ2n) is 0.412. The van der Waals surface area contributed by atoms with E-state index in [9.17, 15) is 4.21 Å². The zero-order valence-corrected chi connectivity index (χ0v) is 4.39. The van der Waals surface area contributed by atoms with E-state index in [0.29, 0.717) is 0 Å². The van der Waals surface area contributed by atoms with Crippen LogP contribution in [0.3, 0.4) is 0 Å². The van der Waals surface area contributed by atoms with Crippen LogP contribution in [-0.4, -0.2) is 15.0 Å². The SMILES string of the molecule is O=S(O)[B]P. The fourth-order valence-electron chi connectivity index (χ4n) is 0. The fourth-order valence-corrected chi connectivity index (χ4v) is 0. The summed E-state index contributed by atoms with van der Waals surface area (Å²) in [4.78, 5) is 0. The van der Waals surface area contributed by atoms with Gasteiger partial charge in [-0.3, -0.25) is 0 Å². The third-order valence-electron chi connectivity index (χ3n) is 0.116. The van der Waals surface area contributed by atoms with Gasteiger partial charge in [0.1, 0.15) is 0 Å². The van der Waals surface area contributed by atoms with Crippen molar-refractivity contribution in [3.8, 4) is 0 Å². The Bertz CT molecular complexity index is 44.9. The molecule has 1 radical (unpaired) electrons. The van der Waals surface area contributed by atoms with Gasteiger partial charge in [0.2, 0.25) is 0 Å². The molecule has 2 nitrogen and oxygen atoms in total. The summed E-state index contributed by atoms with van der Waals surface area (Å²) in [6, 6.07) is 0.